The normalized spacial score (nSPS) is 11.9. The van der Waals surface area contributed by atoms with Crippen LogP contribution < -0.4 is 4.72 Å². The topological polar surface area (TPSA) is 46.2 Å². The highest BCUT2D eigenvalue weighted by atomic mass is 32.2. The lowest BCUT2D eigenvalue weighted by Crippen LogP contribution is -2.29. The first-order chi connectivity index (χ1) is 10.4. The molecule has 0 aliphatic rings. The Labute approximate surface area is 134 Å². The van der Waals surface area contributed by atoms with E-state index in [1.54, 1.807) is 24.3 Å². The first-order valence-corrected chi connectivity index (χ1v) is 8.79. The number of hydrogen-bond acceptors (Lipinski definition) is 2. The number of rotatable bonds is 10. The predicted molar refractivity (Wildman–Crippen MR) is 93.2 cm³/mol. The molecule has 0 aliphatic heterocycles. The van der Waals surface area contributed by atoms with Gasteiger partial charge >= 0.3 is 0 Å². The molecule has 0 amide bonds. The molecular weight excluding hydrogens is 294 g/mol. The molecule has 0 bridgehead atoms. The molecule has 22 heavy (non-hydrogen) atoms. The van der Waals surface area contributed by atoms with Crippen molar-refractivity contribution in [1.82, 2.24) is 4.72 Å². The van der Waals surface area contributed by atoms with Crippen LogP contribution in [0.25, 0.3) is 0 Å². The van der Waals surface area contributed by atoms with Crippen LogP contribution in [0.2, 0.25) is 0 Å². The Balaban J connectivity index is 2.75. The highest BCUT2D eigenvalue weighted by molar-refractivity contribution is 7.89. The molecule has 0 heterocycles. The van der Waals surface area contributed by atoms with Crippen LogP contribution in [0.5, 0.6) is 0 Å². The Kier molecular flexibility index (Phi) is 6.78. The van der Waals surface area contributed by atoms with Gasteiger partial charge in [-0.3, -0.25) is 0 Å². The molecule has 1 aromatic carbocycles. The maximum atomic E-state index is 12.3. The van der Waals surface area contributed by atoms with Gasteiger partial charge in [-0.05, 0) is 43.7 Å². The lowest BCUT2D eigenvalue weighted by Gasteiger charge is -2.28. The van der Waals surface area contributed by atoms with Gasteiger partial charge < -0.3 is 0 Å². The van der Waals surface area contributed by atoms with Gasteiger partial charge in [0, 0.05) is 6.54 Å². The second-order valence-corrected chi connectivity index (χ2v) is 7.28. The highest BCUT2D eigenvalue weighted by Gasteiger charge is 2.24. The molecule has 3 nitrogen and oxygen atoms in total. The van der Waals surface area contributed by atoms with Gasteiger partial charge in [-0.2, -0.15) is 0 Å². The third kappa shape index (κ3) is 4.97. The average Bonchev–Trinajstić information content (AvgIpc) is 2.48. The summed E-state index contributed by atoms with van der Waals surface area (Å²) in [4.78, 5) is 0.287. The van der Waals surface area contributed by atoms with E-state index in [2.05, 4.69) is 24.5 Å². The second kappa shape index (κ2) is 8.11. The summed E-state index contributed by atoms with van der Waals surface area (Å²) in [6, 6.07) is 6.81. The van der Waals surface area contributed by atoms with Gasteiger partial charge in [0.1, 0.15) is 0 Å². The van der Waals surface area contributed by atoms with E-state index in [1.165, 1.54) is 0 Å². The second-order valence-electron chi connectivity index (χ2n) is 5.51. The van der Waals surface area contributed by atoms with Crippen LogP contribution in [-0.2, 0) is 10.0 Å². The average molecular weight is 319 g/mol. The zero-order valence-electron chi connectivity index (χ0n) is 13.2. The fraction of sp³-hybridized carbons (Fsp3) is 0.333. The lowest BCUT2D eigenvalue weighted by molar-refractivity contribution is 0.361. The molecular formula is C18H25NO2S. The summed E-state index contributed by atoms with van der Waals surface area (Å²) in [5.74, 6) is 0. The van der Waals surface area contributed by atoms with E-state index in [-0.39, 0.29) is 10.3 Å². The van der Waals surface area contributed by atoms with Gasteiger partial charge in [0.15, 0.2) is 0 Å². The van der Waals surface area contributed by atoms with Gasteiger partial charge in [-0.25, -0.2) is 13.1 Å². The van der Waals surface area contributed by atoms with Crippen molar-refractivity contribution in [3.05, 3.63) is 67.8 Å². The standard InChI is InChI=1S/C18H25NO2S/c1-5-12-18(7-3,13-6-2)14-15-19-22(20,21)17-10-8-16(4)9-11-17/h5-11,19H,1-3,12-15H2,4H3. The van der Waals surface area contributed by atoms with E-state index in [9.17, 15) is 8.42 Å². The van der Waals surface area contributed by atoms with Crippen molar-refractivity contribution >= 4 is 10.0 Å². The number of aryl methyl sites for hydroxylation is 1. The van der Waals surface area contributed by atoms with Crippen LogP contribution in [0.1, 0.15) is 24.8 Å². The summed E-state index contributed by atoms with van der Waals surface area (Å²) >= 11 is 0. The van der Waals surface area contributed by atoms with Crippen molar-refractivity contribution in [2.24, 2.45) is 5.41 Å². The van der Waals surface area contributed by atoms with E-state index in [0.717, 1.165) is 18.4 Å². The van der Waals surface area contributed by atoms with Crippen molar-refractivity contribution in [1.29, 1.82) is 0 Å². The van der Waals surface area contributed by atoms with Gasteiger partial charge in [0.05, 0.1) is 4.90 Å². The number of nitrogens with one attached hydrogen (secondary N) is 1. The third-order valence-electron chi connectivity index (χ3n) is 3.78. The lowest BCUT2D eigenvalue weighted by atomic mass is 9.78. The molecule has 0 radical (unpaired) electrons. The van der Waals surface area contributed by atoms with E-state index < -0.39 is 10.0 Å². The summed E-state index contributed by atoms with van der Waals surface area (Å²) in [6.45, 7) is 13.7. The van der Waals surface area contributed by atoms with Crippen LogP contribution in [0.15, 0.2) is 67.1 Å². The SMILES string of the molecule is C=CCC(C=C)(CC=C)CCNS(=O)(=O)c1ccc(C)cc1. The molecule has 1 aromatic rings. The molecule has 1 rings (SSSR count). The first kappa shape index (κ1) is 18.4. The van der Waals surface area contributed by atoms with E-state index in [4.69, 9.17) is 0 Å². The number of hydrogen-bond donors (Lipinski definition) is 1. The van der Waals surface area contributed by atoms with Crippen LogP contribution in [0.4, 0.5) is 0 Å². The van der Waals surface area contributed by atoms with Gasteiger partial charge in [0.25, 0.3) is 0 Å². The van der Waals surface area contributed by atoms with Crippen LogP contribution in [0, 0.1) is 12.3 Å². The maximum absolute atomic E-state index is 12.3. The Morgan fingerprint density at radius 1 is 1.09 bits per heavy atom. The van der Waals surface area contributed by atoms with Gasteiger partial charge in [-0.1, -0.05) is 35.9 Å². The summed E-state index contributed by atoms with van der Waals surface area (Å²) in [5.41, 5.74) is 0.834. The molecule has 0 fully saturated rings. The van der Waals surface area contributed by atoms with Crippen molar-refractivity contribution in [3.8, 4) is 0 Å². The van der Waals surface area contributed by atoms with Crippen LogP contribution in [-0.4, -0.2) is 15.0 Å². The third-order valence-corrected chi connectivity index (χ3v) is 5.26. The minimum atomic E-state index is -3.47. The minimum absolute atomic E-state index is 0.195. The largest absolute Gasteiger partial charge is 0.240 e. The van der Waals surface area contributed by atoms with Crippen LogP contribution >= 0.6 is 0 Å². The Morgan fingerprint density at radius 2 is 1.64 bits per heavy atom. The molecule has 0 unspecified atom stereocenters. The smallest absolute Gasteiger partial charge is 0.211 e. The monoisotopic (exact) mass is 319 g/mol. The zero-order valence-corrected chi connectivity index (χ0v) is 14.0. The number of allylic oxidation sites excluding steroid dienone is 3. The van der Waals surface area contributed by atoms with Crippen LogP contribution in [0.3, 0.4) is 0 Å². The Bertz CT molecular complexity index is 605. The van der Waals surface area contributed by atoms with Gasteiger partial charge in [0.2, 0.25) is 10.0 Å². The molecule has 0 spiro atoms. The minimum Gasteiger partial charge on any atom is -0.211 e. The fourth-order valence-electron chi connectivity index (χ4n) is 2.37. The van der Waals surface area contributed by atoms with Crippen molar-refractivity contribution in [3.63, 3.8) is 0 Å². The summed E-state index contributed by atoms with van der Waals surface area (Å²) in [7, 11) is -3.47. The number of sulfonamides is 1. The number of benzene rings is 1. The van der Waals surface area contributed by atoms with E-state index in [0.29, 0.717) is 13.0 Å². The van der Waals surface area contributed by atoms with E-state index >= 15 is 0 Å². The Morgan fingerprint density at radius 3 is 2.09 bits per heavy atom. The van der Waals surface area contributed by atoms with Gasteiger partial charge in [-0.15, -0.1) is 19.7 Å². The highest BCUT2D eigenvalue weighted by Crippen LogP contribution is 2.32. The first-order valence-electron chi connectivity index (χ1n) is 7.31. The molecule has 0 saturated carbocycles. The van der Waals surface area contributed by atoms with Crippen molar-refractivity contribution in [2.75, 3.05) is 6.54 Å². The molecule has 120 valence electrons. The molecule has 0 saturated heterocycles. The molecule has 1 N–H and O–H groups in total. The molecule has 0 aromatic heterocycles. The quantitative estimate of drug-likeness (QED) is 0.663. The predicted octanol–water partition coefficient (Wildman–Crippen LogP) is 3.99. The molecule has 0 atom stereocenters. The Hall–Kier alpha value is -1.65. The summed E-state index contributed by atoms with van der Waals surface area (Å²) < 4.78 is 27.2. The van der Waals surface area contributed by atoms with Crippen molar-refractivity contribution in [2.45, 2.75) is 31.1 Å². The summed E-state index contributed by atoms with van der Waals surface area (Å²) in [5, 5.41) is 0. The zero-order chi connectivity index (χ0) is 16.6. The van der Waals surface area contributed by atoms with E-state index in [1.807, 2.05) is 25.2 Å². The summed E-state index contributed by atoms with van der Waals surface area (Å²) in [6.07, 6.45) is 7.68. The molecule has 4 heteroatoms. The maximum Gasteiger partial charge on any atom is 0.240 e. The fourth-order valence-corrected chi connectivity index (χ4v) is 3.40. The molecule has 0 aliphatic carbocycles. The van der Waals surface area contributed by atoms with Crippen molar-refractivity contribution < 1.29 is 8.42 Å².